The van der Waals surface area contributed by atoms with Gasteiger partial charge in [0.05, 0.1) is 34.9 Å². The molecule has 0 unspecified atom stereocenters. The molecule has 0 spiro atoms. The number of halogens is 3. The van der Waals surface area contributed by atoms with Crippen molar-refractivity contribution in [3.05, 3.63) is 80.6 Å². The molecule has 284 valence electrons. The van der Waals surface area contributed by atoms with E-state index in [2.05, 4.69) is 15.3 Å². The van der Waals surface area contributed by atoms with Gasteiger partial charge in [0.1, 0.15) is 21.7 Å². The third kappa shape index (κ3) is 8.77. The number of benzene rings is 2. The largest absolute Gasteiger partial charge is 0.493 e. The van der Waals surface area contributed by atoms with Crippen LogP contribution in [0.1, 0.15) is 54.0 Å². The Balaban J connectivity index is 0.000000201. The molecule has 0 saturated carbocycles. The molecule has 12 nitrogen and oxygen atoms in total. The fraction of sp³-hybridized carbons (Fsp3) is 0.486. The molecule has 0 bridgehead atoms. The van der Waals surface area contributed by atoms with Crippen LogP contribution in [0, 0.1) is 39.4 Å². The topological polar surface area (TPSA) is 140 Å². The van der Waals surface area contributed by atoms with Crippen LogP contribution in [0.25, 0.3) is 0 Å². The minimum absolute atomic E-state index is 0.0805. The van der Waals surface area contributed by atoms with Crippen molar-refractivity contribution in [1.82, 2.24) is 28.6 Å². The zero-order chi connectivity index (χ0) is 38.0. The Morgan fingerprint density at radius 2 is 1.46 bits per heavy atom. The molecule has 2 aliphatic heterocycles. The maximum absolute atomic E-state index is 13.6. The predicted octanol–water partition coefficient (Wildman–Crippen LogP) is 6.39. The molecule has 2 fully saturated rings. The summed E-state index contributed by atoms with van der Waals surface area (Å²) in [5, 5.41) is 11.6. The Bertz CT molecular complexity index is 2090. The first-order valence-electron chi connectivity index (χ1n) is 17.0. The van der Waals surface area contributed by atoms with Crippen molar-refractivity contribution in [2.45, 2.75) is 75.7 Å². The van der Waals surface area contributed by atoms with Gasteiger partial charge in [0, 0.05) is 44.3 Å². The zero-order valence-corrected chi connectivity index (χ0v) is 33.3. The van der Waals surface area contributed by atoms with Crippen LogP contribution < -0.4 is 9.47 Å². The second kappa shape index (κ2) is 16.4. The molecule has 0 aliphatic carbocycles. The van der Waals surface area contributed by atoms with E-state index in [0.717, 1.165) is 24.8 Å². The number of aryl methyl sites for hydroxylation is 4. The molecule has 0 amide bonds. The summed E-state index contributed by atoms with van der Waals surface area (Å²) >= 11 is 11.7. The molecule has 52 heavy (non-hydrogen) atoms. The molecule has 2 aromatic carbocycles. The van der Waals surface area contributed by atoms with Gasteiger partial charge in [-0.25, -0.2) is 21.2 Å². The summed E-state index contributed by atoms with van der Waals surface area (Å²) in [4.78, 5) is 0.592. The molecule has 6 rings (SSSR count). The van der Waals surface area contributed by atoms with Crippen LogP contribution in [0.2, 0.25) is 10.0 Å². The van der Waals surface area contributed by atoms with Gasteiger partial charge in [-0.3, -0.25) is 9.78 Å². The lowest BCUT2D eigenvalue weighted by Gasteiger charge is -2.31. The summed E-state index contributed by atoms with van der Waals surface area (Å²) in [5.41, 5.74) is 3.13. The lowest BCUT2D eigenvalue weighted by molar-refractivity contribution is 0.131. The Labute approximate surface area is 315 Å². The van der Waals surface area contributed by atoms with Gasteiger partial charge in [-0.15, -0.1) is 0 Å². The Morgan fingerprint density at radius 3 is 2.00 bits per heavy atom. The number of methoxy groups -OCH3 is 1. The van der Waals surface area contributed by atoms with Crippen molar-refractivity contribution in [1.29, 1.82) is 0 Å². The number of hydrogen-bond acceptors (Lipinski definition) is 8. The minimum atomic E-state index is -3.55. The lowest BCUT2D eigenvalue weighted by Crippen LogP contribution is -2.42. The summed E-state index contributed by atoms with van der Waals surface area (Å²) in [5.74, 6) is 1.10. The van der Waals surface area contributed by atoms with Gasteiger partial charge in [-0.05, 0) is 95.5 Å². The number of aromatic amines is 1. The minimum Gasteiger partial charge on any atom is -0.493 e. The van der Waals surface area contributed by atoms with Gasteiger partial charge in [0.25, 0.3) is 0 Å². The molecule has 1 N–H and O–H groups in total. The number of H-pyrrole nitrogens is 1. The smallest absolute Gasteiger partial charge is 0.246 e. The number of sulfonamides is 2. The number of aromatic nitrogens is 4. The molecular formula is C35H45Cl2FN6O6S2. The summed E-state index contributed by atoms with van der Waals surface area (Å²) < 4.78 is 81.3. The molecule has 0 atom stereocenters. The van der Waals surface area contributed by atoms with Crippen molar-refractivity contribution >= 4 is 43.2 Å². The lowest BCUT2D eigenvalue weighted by atomic mass is 9.91. The normalized spacial score (nSPS) is 16.8. The first-order chi connectivity index (χ1) is 24.5. The molecule has 2 saturated heterocycles. The van der Waals surface area contributed by atoms with Crippen LogP contribution in [0.3, 0.4) is 0 Å². The average Bonchev–Trinajstić information content (AvgIpc) is 3.59. The molecule has 2 aromatic heterocycles. The van der Waals surface area contributed by atoms with Crippen LogP contribution in [0.4, 0.5) is 4.39 Å². The Kier molecular flexibility index (Phi) is 12.6. The van der Waals surface area contributed by atoms with E-state index in [9.17, 15) is 21.2 Å². The summed E-state index contributed by atoms with van der Waals surface area (Å²) in [7, 11) is -3.78. The Hall–Kier alpha value is -3.21. The average molecular weight is 800 g/mol. The second-order valence-corrected chi connectivity index (χ2v) is 17.8. The van der Waals surface area contributed by atoms with Crippen LogP contribution in [0.15, 0.2) is 46.2 Å². The molecule has 17 heteroatoms. The van der Waals surface area contributed by atoms with Crippen LogP contribution in [-0.4, -0.2) is 84.8 Å². The first kappa shape index (κ1) is 40.0. The standard InChI is InChI=1S/C18H23ClFN3O2S.C17H22ClN3O4S/c1-12-18(13(2)22(3)21-12)26(24,25)23-8-6-14(7-9-23)10-15-4-5-16(19)17(20)11-15;1-11-17(12(2)20-19-11)26(22,23)21-8-6-14(7-9-21)25-15-5-4-13(18)10-16(15)24-3/h4-5,11,14H,6-10H2,1-3H3;4-5,10,14H,6-9H2,1-3H3,(H,19,20). The monoisotopic (exact) mass is 798 g/mol. The van der Waals surface area contributed by atoms with Gasteiger partial charge >= 0.3 is 0 Å². The van der Waals surface area contributed by atoms with Crippen molar-refractivity contribution in [2.24, 2.45) is 13.0 Å². The van der Waals surface area contributed by atoms with E-state index < -0.39 is 25.9 Å². The highest BCUT2D eigenvalue weighted by molar-refractivity contribution is 7.89. The first-order valence-corrected chi connectivity index (χ1v) is 20.6. The van der Waals surface area contributed by atoms with E-state index in [1.807, 2.05) is 6.07 Å². The van der Waals surface area contributed by atoms with Crippen LogP contribution in [-0.2, 0) is 33.5 Å². The highest BCUT2D eigenvalue weighted by Crippen LogP contribution is 2.34. The quantitative estimate of drug-likeness (QED) is 0.206. The number of nitrogens with one attached hydrogen (secondary N) is 1. The maximum Gasteiger partial charge on any atom is 0.246 e. The van der Waals surface area contributed by atoms with Crippen molar-refractivity contribution < 1.29 is 30.7 Å². The van der Waals surface area contributed by atoms with Crippen molar-refractivity contribution in [3.63, 3.8) is 0 Å². The third-order valence-corrected chi connectivity index (χ3v) is 14.5. The summed E-state index contributed by atoms with van der Waals surface area (Å²) in [6, 6.07) is 10.1. The van der Waals surface area contributed by atoms with E-state index in [0.29, 0.717) is 89.1 Å². The third-order valence-electron chi connectivity index (χ3n) is 9.60. The fourth-order valence-electron chi connectivity index (χ4n) is 6.77. The van der Waals surface area contributed by atoms with Gasteiger partial charge in [-0.1, -0.05) is 29.3 Å². The van der Waals surface area contributed by atoms with E-state index in [1.165, 1.54) is 10.4 Å². The predicted molar refractivity (Wildman–Crippen MR) is 198 cm³/mol. The molecule has 2 aliphatic rings. The highest BCUT2D eigenvalue weighted by atomic mass is 35.5. The second-order valence-electron chi connectivity index (χ2n) is 13.2. The SMILES string of the molecule is COc1cc(Cl)ccc1OC1CCN(S(=O)(=O)c2c(C)n[nH]c2C)CC1.Cc1nn(C)c(C)c1S(=O)(=O)N1CCC(Cc2ccc(Cl)c(F)c2)CC1. The van der Waals surface area contributed by atoms with E-state index in [-0.39, 0.29) is 16.0 Å². The van der Waals surface area contributed by atoms with E-state index in [4.69, 9.17) is 32.7 Å². The van der Waals surface area contributed by atoms with Crippen LogP contribution in [0.5, 0.6) is 11.5 Å². The number of nitrogens with zero attached hydrogens (tertiary/aromatic N) is 5. The highest BCUT2D eigenvalue weighted by Gasteiger charge is 2.35. The Morgan fingerprint density at radius 1 is 0.846 bits per heavy atom. The van der Waals surface area contributed by atoms with Gasteiger partial charge in [0.15, 0.2) is 11.5 Å². The maximum atomic E-state index is 13.6. The van der Waals surface area contributed by atoms with Gasteiger partial charge in [0.2, 0.25) is 20.0 Å². The zero-order valence-electron chi connectivity index (χ0n) is 30.1. The number of hydrogen-bond donors (Lipinski definition) is 1. The molecular weight excluding hydrogens is 754 g/mol. The summed E-state index contributed by atoms with van der Waals surface area (Å²) in [6.07, 6.45) is 3.35. The summed E-state index contributed by atoms with van der Waals surface area (Å²) in [6.45, 7) is 8.64. The number of ether oxygens (including phenoxy) is 2. The molecule has 4 aromatic rings. The van der Waals surface area contributed by atoms with E-state index >= 15 is 0 Å². The molecule has 0 radical (unpaired) electrons. The van der Waals surface area contributed by atoms with Crippen molar-refractivity contribution in [2.75, 3.05) is 33.3 Å². The number of piperidine rings is 2. The van der Waals surface area contributed by atoms with Gasteiger partial charge < -0.3 is 9.47 Å². The van der Waals surface area contributed by atoms with Crippen molar-refractivity contribution in [3.8, 4) is 11.5 Å². The fourth-order valence-corrected chi connectivity index (χ4v) is 10.7. The number of rotatable bonds is 9. The van der Waals surface area contributed by atoms with Crippen LogP contribution >= 0.6 is 23.2 Å². The van der Waals surface area contributed by atoms with Gasteiger partial charge in [-0.2, -0.15) is 18.8 Å². The molecule has 4 heterocycles. The van der Waals surface area contributed by atoms with E-state index in [1.54, 1.807) is 75.1 Å².